The largest absolute Gasteiger partial charge is 0.399 e. The first-order valence-corrected chi connectivity index (χ1v) is 5.93. The molecule has 5 nitrogen and oxygen atoms in total. The van der Waals surface area contributed by atoms with Crippen LogP contribution in [0.4, 0.5) is 5.69 Å². The number of benzene rings is 1. The number of aromatic nitrogens is 2. The molecule has 0 fully saturated rings. The second kappa shape index (κ2) is 6.16. The first-order chi connectivity index (χ1) is 8.78. The number of hydrogen-bond acceptors (Lipinski definition) is 5. The second-order valence-electron chi connectivity index (χ2n) is 4.09. The summed E-state index contributed by atoms with van der Waals surface area (Å²) in [4.78, 5) is 4.30. The molecule has 96 valence electrons. The molecular formula is C13H17N3O2. The minimum absolute atomic E-state index is 0.605. The number of ether oxygens (including phenoxy) is 1. The number of rotatable bonds is 6. The quantitative estimate of drug-likeness (QED) is 0.785. The number of methoxy groups -OCH3 is 1. The smallest absolute Gasteiger partial charge is 0.226 e. The lowest BCUT2D eigenvalue weighted by Crippen LogP contribution is -1.97. The molecule has 0 saturated carbocycles. The molecule has 2 N–H and O–H groups in total. The van der Waals surface area contributed by atoms with Crippen molar-refractivity contribution in [2.45, 2.75) is 19.3 Å². The van der Waals surface area contributed by atoms with E-state index in [9.17, 15) is 0 Å². The van der Waals surface area contributed by atoms with Crippen molar-refractivity contribution in [3.63, 3.8) is 0 Å². The molecule has 1 aromatic heterocycles. The number of nitrogen functional groups attached to an aromatic ring is 1. The molecule has 18 heavy (non-hydrogen) atoms. The predicted molar refractivity (Wildman–Crippen MR) is 68.1 cm³/mol. The lowest BCUT2D eigenvalue weighted by molar-refractivity contribution is 0.199. The van der Waals surface area contributed by atoms with Crippen molar-refractivity contribution in [3.8, 4) is 0 Å². The summed E-state index contributed by atoms with van der Waals surface area (Å²) in [6.45, 7) is 0.605. The molecule has 0 aliphatic rings. The topological polar surface area (TPSA) is 74.2 Å². The first-order valence-electron chi connectivity index (χ1n) is 5.93. The van der Waals surface area contributed by atoms with Gasteiger partial charge in [0.25, 0.3) is 0 Å². The van der Waals surface area contributed by atoms with Crippen molar-refractivity contribution in [2.24, 2.45) is 0 Å². The highest BCUT2D eigenvalue weighted by Crippen LogP contribution is 2.10. The molecule has 0 spiro atoms. The van der Waals surface area contributed by atoms with Gasteiger partial charge in [-0.05, 0) is 24.1 Å². The van der Waals surface area contributed by atoms with Gasteiger partial charge in [0, 0.05) is 25.6 Å². The molecule has 2 rings (SSSR count). The van der Waals surface area contributed by atoms with Crippen LogP contribution in [-0.2, 0) is 24.0 Å². The highest BCUT2D eigenvalue weighted by molar-refractivity contribution is 5.40. The Balaban J connectivity index is 1.88. The van der Waals surface area contributed by atoms with Gasteiger partial charge in [0.15, 0.2) is 5.82 Å². The van der Waals surface area contributed by atoms with E-state index in [1.54, 1.807) is 7.11 Å². The third kappa shape index (κ3) is 3.56. The Morgan fingerprint density at radius 3 is 2.94 bits per heavy atom. The Kier molecular flexibility index (Phi) is 4.30. The minimum Gasteiger partial charge on any atom is -0.399 e. The van der Waals surface area contributed by atoms with Gasteiger partial charge in [-0.2, -0.15) is 4.98 Å². The average molecular weight is 247 g/mol. The highest BCUT2D eigenvalue weighted by Gasteiger charge is 2.06. The molecular weight excluding hydrogens is 230 g/mol. The fraction of sp³-hybridized carbons (Fsp3) is 0.385. The lowest BCUT2D eigenvalue weighted by Gasteiger charge is -1.99. The number of hydrogen-bond donors (Lipinski definition) is 1. The van der Waals surface area contributed by atoms with Gasteiger partial charge in [-0.1, -0.05) is 17.3 Å². The molecule has 2 aromatic rings. The van der Waals surface area contributed by atoms with Crippen LogP contribution in [0.25, 0.3) is 0 Å². The fourth-order valence-electron chi connectivity index (χ4n) is 1.69. The van der Waals surface area contributed by atoms with Crippen molar-refractivity contribution >= 4 is 5.69 Å². The van der Waals surface area contributed by atoms with Crippen LogP contribution in [0.3, 0.4) is 0 Å². The Morgan fingerprint density at radius 2 is 2.17 bits per heavy atom. The van der Waals surface area contributed by atoms with Crippen molar-refractivity contribution in [1.29, 1.82) is 0 Å². The third-order valence-corrected chi connectivity index (χ3v) is 2.62. The monoisotopic (exact) mass is 247 g/mol. The molecule has 5 heteroatoms. The molecule has 0 unspecified atom stereocenters. The fourth-order valence-corrected chi connectivity index (χ4v) is 1.69. The summed E-state index contributed by atoms with van der Waals surface area (Å²) in [6, 6.07) is 7.82. The average Bonchev–Trinajstić information content (AvgIpc) is 2.82. The normalized spacial score (nSPS) is 10.7. The van der Waals surface area contributed by atoms with Gasteiger partial charge in [-0.15, -0.1) is 0 Å². The van der Waals surface area contributed by atoms with E-state index in [1.807, 2.05) is 24.3 Å². The number of nitrogens with two attached hydrogens (primary N) is 1. The Hall–Kier alpha value is -1.88. The maximum Gasteiger partial charge on any atom is 0.226 e. The predicted octanol–water partition coefficient (Wildman–Crippen LogP) is 1.63. The number of nitrogens with zero attached hydrogens (tertiary/aromatic N) is 2. The standard InChI is InChI=1S/C13H17N3O2/c1-17-8-7-12-15-13(18-16-12)6-5-10-3-2-4-11(14)9-10/h2-4,9H,5-8,14H2,1H3. The van der Waals surface area contributed by atoms with E-state index in [0.29, 0.717) is 24.7 Å². The van der Waals surface area contributed by atoms with Gasteiger partial charge in [0.1, 0.15) is 0 Å². The van der Waals surface area contributed by atoms with E-state index in [0.717, 1.165) is 18.5 Å². The van der Waals surface area contributed by atoms with E-state index in [-0.39, 0.29) is 0 Å². The summed E-state index contributed by atoms with van der Waals surface area (Å²) in [5.74, 6) is 1.35. The van der Waals surface area contributed by atoms with E-state index in [1.165, 1.54) is 5.56 Å². The SMILES string of the molecule is COCCc1noc(CCc2cccc(N)c2)n1. The van der Waals surface area contributed by atoms with E-state index < -0.39 is 0 Å². The Labute approximate surface area is 106 Å². The van der Waals surface area contributed by atoms with Gasteiger partial charge >= 0.3 is 0 Å². The van der Waals surface area contributed by atoms with Crippen molar-refractivity contribution in [2.75, 3.05) is 19.5 Å². The van der Waals surface area contributed by atoms with Crippen LogP contribution in [0.15, 0.2) is 28.8 Å². The molecule has 1 aromatic carbocycles. The molecule has 0 radical (unpaired) electrons. The molecule has 0 amide bonds. The van der Waals surface area contributed by atoms with Gasteiger partial charge in [-0.25, -0.2) is 0 Å². The van der Waals surface area contributed by atoms with Crippen LogP contribution in [0, 0.1) is 0 Å². The lowest BCUT2D eigenvalue weighted by atomic mass is 10.1. The van der Waals surface area contributed by atoms with Gasteiger partial charge in [0.2, 0.25) is 5.89 Å². The van der Waals surface area contributed by atoms with Crippen LogP contribution >= 0.6 is 0 Å². The Morgan fingerprint density at radius 1 is 1.28 bits per heavy atom. The number of anilines is 1. The van der Waals surface area contributed by atoms with Gasteiger partial charge in [0.05, 0.1) is 6.61 Å². The summed E-state index contributed by atoms with van der Waals surface area (Å²) in [7, 11) is 1.65. The zero-order chi connectivity index (χ0) is 12.8. The minimum atomic E-state index is 0.605. The maximum atomic E-state index is 5.72. The summed E-state index contributed by atoms with van der Waals surface area (Å²) in [6.07, 6.45) is 2.25. The molecule has 1 heterocycles. The van der Waals surface area contributed by atoms with Gasteiger partial charge < -0.3 is 15.0 Å². The van der Waals surface area contributed by atoms with Gasteiger partial charge in [-0.3, -0.25) is 0 Å². The first kappa shape index (κ1) is 12.6. The molecule has 0 aliphatic carbocycles. The van der Waals surface area contributed by atoms with E-state index >= 15 is 0 Å². The second-order valence-corrected chi connectivity index (χ2v) is 4.09. The van der Waals surface area contributed by atoms with Crippen molar-refractivity contribution in [1.82, 2.24) is 10.1 Å². The zero-order valence-corrected chi connectivity index (χ0v) is 10.4. The highest BCUT2D eigenvalue weighted by atomic mass is 16.5. The van der Waals surface area contributed by atoms with Crippen molar-refractivity contribution in [3.05, 3.63) is 41.5 Å². The number of aryl methyl sites for hydroxylation is 2. The third-order valence-electron chi connectivity index (χ3n) is 2.62. The van der Waals surface area contributed by atoms with Crippen LogP contribution in [0.2, 0.25) is 0 Å². The van der Waals surface area contributed by atoms with Crippen LogP contribution in [0.1, 0.15) is 17.3 Å². The van der Waals surface area contributed by atoms with Crippen molar-refractivity contribution < 1.29 is 9.26 Å². The summed E-state index contributed by atoms with van der Waals surface area (Å²) in [5.41, 5.74) is 7.67. The molecule has 0 bridgehead atoms. The van der Waals surface area contributed by atoms with E-state index in [2.05, 4.69) is 10.1 Å². The van der Waals surface area contributed by atoms with E-state index in [4.69, 9.17) is 15.0 Å². The molecule has 0 saturated heterocycles. The zero-order valence-electron chi connectivity index (χ0n) is 10.4. The molecule has 0 atom stereocenters. The summed E-state index contributed by atoms with van der Waals surface area (Å²) < 4.78 is 10.1. The Bertz CT molecular complexity index is 496. The van der Waals surface area contributed by atoms with Crippen LogP contribution in [0.5, 0.6) is 0 Å². The molecule has 0 aliphatic heterocycles. The van der Waals surface area contributed by atoms with Crippen LogP contribution in [-0.4, -0.2) is 23.9 Å². The maximum absolute atomic E-state index is 5.72. The summed E-state index contributed by atoms with van der Waals surface area (Å²) >= 11 is 0. The summed E-state index contributed by atoms with van der Waals surface area (Å²) in [5, 5.41) is 3.89. The van der Waals surface area contributed by atoms with Crippen LogP contribution < -0.4 is 5.73 Å².